The summed E-state index contributed by atoms with van der Waals surface area (Å²) in [4.78, 5) is 22.5. The van der Waals surface area contributed by atoms with Gasteiger partial charge in [0.15, 0.2) is 5.82 Å². The van der Waals surface area contributed by atoms with Crippen molar-refractivity contribution in [3.63, 3.8) is 0 Å². The fraction of sp³-hybridized carbons (Fsp3) is 0.250. The molecular weight excluding hydrogens is 302 g/mol. The van der Waals surface area contributed by atoms with Gasteiger partial charge in [-0.2, -0.15) is 0 Å². The lowest BCUT2D eigenvalue weighted by atomic mass is 10.4. The Kier molecular flexibility index (Phi) is 3.16. The monoisotopic (exact) mass is 311 g/mol. The standard InChI is InChI=1S/C12H10ClN3OS2/c1-6-7(2)19-12(17)16(6)5-9-14-10(13)8-3-4-18-11(8)15-9/h3-4H,5H2,1-2H3. The Morgan fingerprint density at radius 1 is 1.37 bits per heavy atom. The van der Waals surface area contributed by atoms with Crippen LogP contribution >= 0.6 is 34.3 Å². The smallest absolute Gasteiger partial charge is 0.295 e. The van der Waals surface area contributed by atoms with Crippen LogP contribution in [0, 0.1) is 13.8 Å². The Hall–Kier alpha value is -1.24. The molecule has 0 saturated heterocycles. The molecule has 3 aromatic rings. The minimum atomic E-state index is 0.0148. The first-order valence-corrected chi connectivity index (χ1v) is 7.70. The number of fused-ring (bicyclic) bond motifs is 1. The largest absolute Gasteiger partial charge is 0.307 e. The van der Waals surface area contributed by atoms with Crippen LogP contribution in [0.1, 0.15) is 16.4 Å². The van der Waals surface area contributed by atoms with E-state index >= 15 is 0 Å². The van der Waals surface area contributed by atoms with E-state index in [1.165, 1.54) is 22.7 Å². The summed E-state index contributed by atoms with van der Waals surface area (Å²) in [6.07, 6.45) is 0. The highest BCUT2D eigenvalue weighted by Crippen LogP contribution is 2.25. The van der Waals surface area contributed by atoms with E-state index in [0.717, 1.165) is 20.8 Å². The van der Waals surface area contributed by atoms with Crippen molar-refractivity contribution in [1.29, 1.82) is 0 Å². The summed E-state index contributed by atoms with van der Waals surface area (Å²) in [6.45, 7) is 4.23. The van der Waals surface area contributed by atoms with Gasteiger partial charge >= 0.3 is 4.87 Å². The topological polar surface area (TPSA) is 47.8 Å². The molecule has 0 spiro atoms. The van der Waals surface area contributed by atoms with Gasteiger partial charge in [-0.15, -0.1) is 11.3 Å². The predicted octanol–water partition coefficient (Wildman–Crippen LogP) is 3.23. The molecule has 3 heterocycles. The number of aryl methyl sites for hydroxylation is 1. The molecular formula is C12H10ClN3OS2. The summed E-state index contributed by atoms with van der Waals surface area (Å²) in [6, 6.07) is 1.90. The molecule has 3 aromatic heterocycles. The van der Waals surface area contributed by atoms with Gasteiger partial charge in [0, 0.05) is 16.0 Å². The van der Waals surface area contributed by atoms with Gasteiger partial charge in [-0.1, -0.05) is 22.9 Å². The maximum atomic E-state index is 11.9. The molecule has 0 aromatic carbocycles. The number of hydrogen-bond donors (Lipinski definition) is 0. The molecule has 0 aliphatic carbocycles. The first-order chi connectivity index (χ1) is 9.06. The van der Waals surface area contributed by atoms with Crippen LogP contribution in [0.25, 0.3) is 10.2 Å². The van der Waals surface area contributed by atoms with Crippen LogP contribution in [-0.4, -0.2) is 14.5 Å². The number of hydrogen-bond acceptors (Lipinski definition) is 5. The van der Waals surface area contributed by atoms with Crippen molar-refractivity contribution >= 4 is 44.5 Å². The molecule has 0 radical (unpaired) electrons. The SMILES string of the molecule is Cc1sc(=O)n(Cc2nc(Cl)c3ccsc3n2)c1C. The molecule has 7 heteroatoms. The van der Waals surface area contributed by atoms with Crippen LogP contribution in [0.5, 0.6) is 0 Å². The van der Waals surface area contributed by atoms with Crippen molar-refractivity contribution in [2.75, 3.05) is 0 Å². The first-order valence-electron chi connectivity index (χ1n) is 5.62. The number of nitrogens with zero attached hydrogens (tertiary/aromatic N) is 3. The fourth-order valence-electron chi connectivity index (χ4n) is 1.84. The van der Waals surface area contributed by atoms with E-state index in [0.29, 0.717) is 17.5 Å². The van der Waals surface area contributed by atoms with Crippen LogP contribution in [0.2, 0.25) is 5.15 Å². The van der Waals surface area contributed by atoms with E-state index < -0.39 is 0 Å². The van der Waals surface area contributed by atoms with Crippen LogP contribution in [0.15, 0.2) is 16.2 Å². The maximum absolute atomic E-state index is 11.9. The number of thiophene rings is 1. The zero-order chi connectivity index (χ0) is 13.6. The molecule has 98 valence electrons. The average molecular weight is 312 g/mol. The van der Waals surface area contributed by atoms with Gasteiger partial charge < -0.3 is 0 Å². The molecule has 0 unspecified atom stereocenters. The fourth-order valence-corrected chi connectivity index (χ4v) is 3.76. The Morgan fingerprint density at radius 3 is 2.84 bits per heavy atom. The lowest BCUT2D eigenvalue weighted by Crippen LogP contribution is -2.17. The highest BCUT2D eigenvalue weighted by Gasteiger charge is 2.12. The molecule has 0 N–H and O–H groups in total. The lowest BCUT2D eigenvalue weighted by molar-refractivity contribution is 0.713. The van der Waals surface area contributed by atoms with E-state index in [4.69, 9.17) is 11.6 Å². The molecule has 0 amide bonds. The first kappa shape index (κ1) is 12.8. The summed E-state index contributed by atoms with van der Waals surface area (Å²) in [7, 11) is 0. The van der Waals surface area contributed by atoms with Crippen LogP contribution in [-0.2, 0) is 6.54 Å². The van der Waals surface area contributed by atoms with Gasteiger partial charge in [0.05, 0.1) is 6.54 Å². The second-order valence-electron chi connectivity index (χ2n) is 4.17. The molecule has 3 rings (SSSR count). The van der Waals surface area contributed by atoms with Crippen molar-refractivity contribution in [2.45, 2.75) is 20.4 Å². The van der Waals surface area contributed by atoms with Gasteiger partial charge in [-0.05, 0) is 25.3 Å². The Bertz CT molecular complexity index is 818. The van der Waals surface area contributed by atoms with E-state index in [2.05, 4.69) is 9.97 Å². The number of halogens is 1. The van der Waals surface area contributed by atoms with E-state index in [1.54, 1.807) is 4.57 Å². The summed E-state index contributed by atoms with van der Waals surface area (Å²) >= 11 is 8.89. The van der Waals surface area contributed by atoms with Gasteiger partial charge in [0.1, 0.15) is 9.98 Å². The van der Waals surface area contributed by atoms with Gasteiger partial charge in [0.2, 0.25) is 0 Å². The third-order valence-electron chi connectivity index (χ3n) is 3.00. The molecule has 0 aliphatic heterocycles. The van der Waals surface area contributed by atoms with Crippen molar-refractivity contribution in [3.05, 3.63) is 42.7 Å². The van der Waals surface area contributed by atoms with E-state index in [1.807, 2.05) is 25.3 Å². The summed E-state index contributed by atoms with van der Waals surface area (Å²) in [5.74, 6) is 0.572. The van der Waals surface area contributed by atoms with Crippen LogP contribution in [0.4, 0.5) is 0 Å². The normalized spacial score (nSPS) is 11.3. The van der Waals surface area contributed by atoms with Crippen molar-refractivity contribution in [1.82, 2.24) is 14.5 Å². The molecule has 0 aliphatic rings. The molecule has 0 bridgehead atoms. The van der Waals surface area contributed by atoms with Crippen LogP contribution < -0.4 is 4.87 Å². The number of aromatic nitrogens is 3. The highest BCUT2D eigenvalue weighted by atomic mass is 35.5. The predicted molar refractivity (Wildman–Crippen MR) is 79.6 cm³/mol. The molecule has 0 saturated carbocycles. The Labute approximate surface area is 122 Å². The van der Waals surface area contributed by atoms with E-state index in [-0.39, 0.29) is 4.87 Å². The summed E-state index contributed by atoms with van der Waals surface area (Å²) in [5, 5.41) is 3.24. The average Bonchev–Trinajstić information content (AvgIpc) is 2.91. The lowest BCUT2D eigenvalue weighted by Gasteiger charge is -2.04. The third-order valence-corrected chi connectivity index (χ3v) is 5.09. The third kappa shape index (κ3) is 2.20. The minimum absolute atomic E-state index is 0.0148. The molecule has 0 fully saturated rings. The summed E-state index contributed by atoms with van der Waals surface area (Å²) < 4.78 is 1.69. The van der Waals surface area contributed by atoms with Gasteiger partial charge in [-0.25, -0.2) is 9.97 Å². The van der Waals surface area contributed by atoms with Crippen molar-refractivity contribution < 1.29 is 0 Å². The maximum Gasteiger partial charge on any atom is 0.307 e. The Morgan fingerprint density at radius 2 is 2.16 bits per heavy atom. The van der Waals surface area contributed by atoms with Crippen LogP contribution in [0.3, 0.4) is 0 Å². The number of rotatable bonds is 2. The van der Waals surface area contributed by atoms with Crippen molar-refractivity contribution in [3.8, 4) is 0 Å². The molecule has 0 atom stereocenters. The van der Waals surface area contributed by atoms with Gasteiger partial charge in [0.25, 0.3) is 0 Å². The highest BCUT2D eigenvalue weighted by molar-refractivity contribution is 7.16. The summed E-state index contributed by atoms with van der Waals surface area (Å²) in [5.41, 5.74) is 0.959. The second-order valence-corrected chi connectivity index (χ2v) is 6.58. The molecule has 4 nitrogen and oxygen atoms in total. The second kappa shape index (κ2) is 4.70. The minimum Gasteiger partial charge on any atom is -0.295 e. The van der Waals surface area contributed by atoms with Crippen molar-refractivity contribution in [2.24, 2.45) is 0 Å². The van der Waals surface area contributed by atoms with Gasteiger partial charge in [-0.3, -0.25) is 9.36 Å². The number of thiazole rings is 1. The molecule has 19 heavy (non-hydrogen) atoms. The quantitative estimate of drug-likeness (QED) is 0.683. The van der Waals surface area contributed by atoms with E-state index in [9.17, 15) is 4.79 Å². The zero-order valence-electron chi connectivity index (χ0n) is 10.3. The Balaban J connectivity index is 2.08. The zero-order valence-corrected chi connectivity index (χ0v) is 12.7.